The molecule has 3 aliphatic rings. The van der Waals surface area contributed by atoms with Crippen LogP contribution in [0.1, 0.15) is 56.6 Å². The molecule has 6 nitrogen and oxygen atoms in total. The molecule has 2 saturated carbocycles. The Hall–Kier alpha value is -2.28. The normalized spacial score (nSPS) is 27.4. The van der Waals surface area contributed by atoms with Crippen molar-refractivity contribution in [2.75, 3.05) is 26.7 Å². The molecule has 0 radical (unpaired) electrons. The summed E-state index contributed by atoms with van der Waals surface area (Å²) >= 11 is 12.2. The van der Waals surface area contributed by atoms with Crippen LogP contribution in [0.2, 0.25) is 10.0 Å². The summed E-state index contributed by atoms with van der Waals surface area (Å²) in [5.41, 5.74) is 0.555. The Morgan fingerprint density at radius 2 is 1.89 bits per heavy atom. The summed E-state index contributed by atoms with van der Waals surface area (Å²) in [7, 11) is 1.86. The van der Waals surface area contributed by atoms with Crippen LogP contribution in [-0.2, 0) is 26.2 Å². The summed E-state index contributed by atoms with van der Waals surface area (Å²) in [5.74, 6) is 0.648. The van der Waals surface area contributed by atoms with Crippen LogP contribution in [0.15, 0.2) is 42.5 Å². The maximum Gasteiger partial charge on any atom is 0.303 e. The Morgan fingerprint density at radius 3 is 2.58 bits per heavy atom. The third-order valence-electron chi connectivity index (χ3n) is 8.90. The highest BCUT2D eigenvalue weighted by Crippen LogP contribution is 2.55. The van der Waals surface area contributed by atoms with Crippen molar-refractivity contribution in [2.24, 2.45) is 5.92 Å². The van der Waals surface area contributed by atoms with Crippen molar-refractivity contribution in [3.8, 4) is 5.75 Å². The quantitative estimate of drug-likeness (QED) is 0.447. The molecule has 2 aromatic rings. The Morgan fingerprint density at radius 1 is 1.11 bits per heavy atom. The van der Waals surface area contributed by atoms with Crippen molar-refractivity contribution in [3.63, 3.8) is 0 Å². The fraction of sp³-hybridized carbons (Fsp3) is 0.533. The van der Waals surface area contributed by atoms with Crippen LogP contribution in [0, 0.1) is 5.92 Å². The number of hydrogen-bond donors (Lipinski definition) is 1. The first-order valence-electron chi connectivity index (χ1n) is 13.5. The molecule has 1 heterocycles. The number of hydrogen-bond acceptors (Lipinski definition) is 5. The maximum atomic E-state index is 13.4. The number of halogens is 2. The molecule has 38 heavy (non-hydrogen) atoms. The molecule has 8 heteroatoms. The van der Waals surface area contributed by atoms with Gasteiger partial charge in [0.15, 0.2) is 0 Å². The lowest BCUT2D eigenvalue weighted by molar-refractivity contribution is -0.190. The van der Waals surface area contributed by atoms with E-state index >= 15 is 0 Å². The smallest absolute Gasteiger partial charge is 0.303 e. The molecule has 3 unspecified atom stereocenters. The number of carbonyl (C=O) groups is 2. The van der Waals surface area contributed by atoms with Gasteiger partial charge >= 0.3 is 5.97 Å². The van der Waals surface area contributed by atoms with Crippen molar-refractivity contribution in [1.29, 1.82) is 0 Å². The number of aromatic hydroxyl groups is 1. The van der Waals surface area contributed by atoms with Crippen molar-refractivity contribution < 1.29 is 19.4 Å². The van der Waals surface area contributed by atoms with E-state index in [9.17, 15) is 14.7 Å². The molecule has 0 bridgehead atoms. The fourth-order valence-electron chi connectivity index (χ4n) is 6.77. The van der Waals surface area contributed by atoms with Crippen molar-refractivity contribution in [2.45, 2.75) is 68.9 Å². The van der Waals surface area contributed by atoms with E-state index in [4.69, 9.17) is 27.9 Å². The van der Waals surface area contributed by atoms with Gasteiger partial charge in [0.05, 0.1) is 16.5 Å². The van der Waals surface area contributed by atoms with Gasteiger partial charge in [0.1, 0.15) is 11.4 Å². The molecule has 0 aromatic heterocycles. The van der Waals surface area contributed by atoms with E-state index in [2.05, 4.69) is 4.90 Å². The van der Waals surface area contributed by atoms with E-state index in [0.29, 0.717) is 29.4 Å². The molecule has 5 rings (SSSR count). The standard InChI is InChI=1S/C30H36Cl2N2O4/c1-20(35)38-30-11-10-24(33(2)28(37)15-22-8-9-26(31)27(32)14-22)17-29(30,23-4-3-5-25(36)16-23)12-13-34(19-30)18-21-6-7-21/h3-5,8-9,14,16,21,24,36H,6-7,10-13,15,17-19H2,1-2H3. The van der Waals surface area contributed by atoms with Gasteiger partial charge in [-0.2, -0.15) is 0 Å². The summed E-state index contributed by atoms with van der Waals surface area (Å²) in [6, 6.07) is 12.6. The van der Waals surface area contributed by atoms with Gasteiger partial charge in [0, 0.05) is 38.5 Å². The fourth-order valence-corrected chi connectivity index (χ4v) is 7.09. The molecule has 1 aliphatic heterocycles. The Labute approximate surface area is 234 Å². The number of piperidine rings is 1. The second kappa shape index (κ2) is 10.7. The summed E-state index contributed by atoms with van der Waals surface area (Å²) < 4.78 is 6.33. The van der Waals surface area contributed by atoms with Gasteiger partial charge < -0.3 is 14.7 Å². The highest BCUT2D eigenvalue weighted by molar-refractivity contribution is 6.42. The minimum atomic E-state index is -0.718. The topological polar surface area (TPSA) is 70.1 Å². The van der Waals surface area contributed by atoms with Crippen LogP contribution in [0.25, 0.3) is 0 Å². The van der Waals surface area contributed by atoms with Crippen LogP contribution in [-0.4, -0.2) is 65.1 Å². The third kappa shape index (κ3) is 5.41. The second-order valence-corrected chi connectivity index (χ2v) is 12.3. The van der Waals surface area contributed by atoms with Gasteiger partial charge in [-0.25, -0.2) is 0 Å². The van der Waals surface area contributed by atoms with E-state index in [1.54, 1.807) is 18.2 Å². The highest BCUT2D eigenvalue weighted by atomic mass is 35.5. The van der Waals surface area contributed by atoms with Crippen LogP contribution in [0.5, 0.6) is 5.75 Å². The number of phenolic OH excluding ortho intramolecular Hbond substituents is 1. The summed E-state index contributed by atoms with van der Waals surface area (Å²) in [5, 5.41) is 11.3. The molecule has 3 atom stereocenters. The lowest BCUT2D eigenvalue weighted by Crippen LogP contribution is -2.68. The van der Waals surface area contributed by atoms with Crippen LogP contribution < -0.4 is 0 Å². The number of phenols is 1. The lowest BCUT2D eigenvalue weighted by Gasteiger charge is -2.60. The molecule has 2 aromatic carbocycles. The van der Waals surface area contributed by atoms with Crippen molar-refractivity contribution >= 4 is 35.1 Å². The zero-order chi connectivity index (χ0) is 27.1. The van der Waals surface area contributed by atoms with Gasteiger partial charge in [0.25, 0.3) is 0 Å². The maximum absolute atomic E-state index is 13.4. The van der Waals surface area contributed by atoms with Gasteiger partial charge in [-0.05, 0) is 86.4 Å². The number of esters is 1. The first-order chi connectivity index (χ1) is 18.1. The first kappa shape index (κ1) is 27.3. The molecule has 3 fully saturated rings. The lowest BCUT2D eigenvalue weighted by atomic mass is 9.55. The van der Waals surface area contributed by atoms with E-state index in [-0.39, 0.29) is 30.1 Å². The predicted molar refractivity (Wildman–Crippen MR) is 149 cm³/mol. The molecule has 0 spiro atoms. The number of carbonyl (C=O) groups excluding carboxylic acids is 2. The zero-order valence-electron chi connectivity index (χ0n) is 22.1. The summed E-state index contributed by atoms with van der Waals surface area (Å²) in [6.07, 6.45) is 5.60. The van der Waals surface area contributed by atoms with E-state index in [0.717, 1.165) is 43.0 Å². The predicted octanol–water partition coefficient (Wildman–Crippen LogP) is 5.61. The Bertz CT molecular complexity index is 1220. The van der Waals surface area contributed by atoms with E-state index in [1.807, 2.05) is 36.2 Å². The Balaban J connectivity index is 1.45. The van der Waals surface area contributed by atoms with E-state index < -0.39 is 11.0 Å². The monoisotopic (exact) mass is 558 g/mol. The number of fused-ring (bicyclic) bond motifs is 1. The Kier molecular flexibility index (Phi) is 7.69. The molecular formula is C30H36Cl2N2O4. The summed E-state index contributed by atoms with van der Waals surface area (Å²) in [4.78, 5) is 30.3. The number of nitrogens with zero attached hydrogens (tertiary/aromatic N) is 2. The molecule has 1 saturated heterocycles. The average Bonchev–Trinajstić information content (AvgIpc) is 3.69. The van der Waals surface area contributed by atoms with Crippen molar-refractivity contribution in [1.82, 2.24) is 9.80 Å². The molecule has 1 N–H and O–H groups in total. The number of likely N-dealkylation sites (tertiary alicyclic amines) is 1. The number of ether oxygens (including phenoxy) is 1. The van der Waals surface area contributed by atoms with Crippen LogP contribution >= 0.6 is 23.2 Å². The van der Waals surface area contributed by atoms with Crippen molar-refractivity contribution in [3.05, 3.63) is 63.6 Å². The molecule has 204 valence electrons. The molecule has 2 aliphatic carbocycles. The average molecular weight is 560 g/mol. The number of amides is 1. The largest absolute Gasteiger partial charge is 0.508 e. The third-order valence-corrected chi connectivity index (χ3v) is 9.64. The van der Waals surface area contributed by atoms with Crippen LogP contribution in [0.4, 0.5) is 0 Å². The summed E-state index contributed by atoms with van der Waals surface area (Å²) in [6.45, 7) is 4.08. The first-order valence-corrected chi connectivity index (χ1v) is 14.3. The van der Waals surface area contributed by atoms with Gasteiger partial charge in [-0.1, -0.05) is 41.4 Å². The molecular weight excluding hydrogens is 523 g/mol. The van der Waals surface area contributed by atoms with Crippen LogP contribution in [0.3, 0.4) is 0 Å². The van der Waals surface area contributed by atoms with Gasteiger partial charge in [-0.3, -0.25) is 14.5 Å². The molecule has 1 amide bonds. The van der Waals surface area contributed by atoms with E-state index in [1.165, 1.54) is 19.8 Å². The van der Waals surface area contributed by atoms with Gasteiger partial charge in [-0.15, -0.1) is 0 Å². The minimum absolute atomic E-state index is 0.00519. The minimum Gasteiger partial charge on any atom is -0.508 e. The number of likely N-dealkylation sites (N-methyl/N-ethyl adjacent to an activating group) is 1. The number of benzene rings is 2. The highest BCUT2D eigenvalue weighted by Gasteiger charge is 2.61. The zero-order valence-corrected chi connectivity index (χ0v) is 23.6. The number of rotatable bonds is 7. The SMILES string of the molecule is CC(=O)OC12CCC(N(C)C(=O)Cc3ccc(Cl)c(Cl)c3)CC1(c1cccc(O)c1)CCN(CC1CC1)C2. The second-order valence-electron chi connectivity index (χ2n) is 11.5. The van der Waals surface area contributed by atoms with Gasteiger partial charge in [0.2, 0.25) is 5.91 Å².